The minimum atomic E-state index is -0.169. The molecule has 194 valence electrons. The lowest BCUT2D eigenvalue weighted by atomic mass is 9.95. The first-order valence-electron chi connectivity index (χ1n) is 13.1. The summed E-state index contributed by atoms with van der Waals surface area (Å²) in [5, 5.41) is 22.5. The summed E-state index contributed by atoms with van der Waals surface area (Å²) < 4.78 is 12.3. The lowest BCUT2D eigenvalue weighted by molar-refractivity contribution is 0.173. The molecule has 0 amide bonds. The second-order valence-corrected chi connectivity index (χ2v) is 9.99. The van der Waals surface area contributed by atoms with Crippen LogP contribution in [0, 0.1) is 19.8 Å². The van der Waals surface area contributed by atoms with Gasteiger partial charge >= 0.3 is 0 Å². The van der Waals surface area contributed by atoms with Crippen molar-refractivity contribution in [3.05, 3.63) is 47.5 Å². The molecule has 0 aromatic heterocycles. The molecule has 2 aromatic rings. The molecule has 2 atom stereocenters. The summed E-state index contributed by atoms with van der Waals surface area (Å²) in [7, 11) is 0. The van der Waals surface area contributed by atoms with Crippen LogP contribution in [0.1, 0.15) is 44.2 Å². The fraction of sp³-hybridized carbons (Fsp3) is 0.586. The lowest BCUT2D eigenvalue weighted by Crippen LogP contribution is -2.37. The fourth-order valence-corrected chi connectivity index (χ4v) is 4.66. The van der Waals surface area contributed by atoms with Gasteiger partial charge in [0.2, 0.25) is 0 Å². The number of β-amino-alcohol motifs (C(OH)–C–C–N with tert-alkyl or cyclic N) is 1. The molecule has 3 N–H and O–H groups in total. The normalized spacial score (nSPS) is 17.2. The van der Waals surface area contributed by atoms with Gasteiger partial charge in [0.05, 0.1) is 25.9 Å². The van der Waals surface area contributed by atoms with Crippen molar-refractivity contribution in [2.75, 3.05) is 46.0 Å². The third-order valence-electron chi connectivity index (χ3n) is 6.97. The predicted molar refractivity (Wildman–Crippen MR) is 142 cm³/mol. The van der Waals surface area contributed by atoms with Crippen molar-refractivity contribution < 1.29 is 19.7 Å². The van der Waals surface area contributed by atoms with Crippen molar-refractivity contribution in [1.29, 1.82) is 0 Å². The summed E-state index contributed by atoms with van der Waals surface area (Å²) in [4.78, 5) is 2.30. The SMILES string of the molecule is Cc1c(OCCCN[C@H](CO)C(C)C)cccc1-c1cccc(OCCCN2CC[C@@H](O)C2)c1C. The number of nitrogens with one attached hydrogen (secondary N) is 1. The van der Waals surface area contributed by atoms with Gasteiger partial charge in [-0.05, 0) is 80.0 Å². The zero-order chi connectivity index (χ0) is 25.2. The number of aliphatic hydroxyl groups excluding tert-OH is 2. The minimum absolute atomic E-state index is 0.130. The predicted octanol–water partition coefficient (Wildman–Crippen LogP) is 4.18. The highest BCUT2D eigenvalue weighted by atomic mass is 16.5. The van der Waals surface area contributed by atoms with Gasteiger partial charge in [-0.15, -0.1) is 0 Å². The Bertz CT molecular complexity index is 918. The van der Waals surface area contributed by atoms with Crippen molar-refractivity contribution in [3.8, 4) is 22.6 Å². The van der Waals surface area contributed by atoms with Crippen LogP contribution >= 0.6 is 0 Å². The van der Waals surface area contributed by atoms with Gasteiger partial charge in [-0.3, -0.25) is 0 Å². The molecule has 0 spiro atoms. The molecule has 2 aromatic carbocycles. The first-order valence-corrected chi connectivity index (χ1v) is 13.1. The van der Waals surface area contributed by atoms with Crippen LogP contribution in [-0.4, -0.2) is 73.3 Å². The molecule has 0 unspecified atom stereocenters. The standard InChI is InChI=1S/C29H44N2O4/c1-21(2)27(20-32)30-14-7-17-34-28-11-5-9-25(22(28)3)26-10-6-12-29(23(26)4)35-18-8-15-31-16-13-24(33)19-31/h5-6,9-12,21,24,27,30,32-33H,7-8,13-20H2,1-4H3/t24-,27-/m1/s1. The van der Waals surface area contributed by atoms with Crippen molar-refractivity contribution in [3.63, 3.8) is 0 Å². The number of benzene rings is 2. The number of likely N-dealkylation sites (tertiary alicyclic amines) is 1. The van der Waals surface area contributed by atoms with Gasteiger partial charge in [0.15, 0.2) is 0 Å². The van der Waals surface area contributed by atoms with Crippen LogP contribution in [-0.2, 0) is 0 Å². The summed E-state index contributed by atoms with van der Waals surface area (Å²) >= 11 is 0. The van der Waals surface area contributed by atoms with E-state index >= 15 is 0 Å². The topological polar surface area (TPSA) is 74.2 Å². The summed E-state index contributed by atoms with van der Waals surface area (Å²) in [5.74, 6) is 2.23. The van der Waals surface area contributed by atoms with Crippen LogP contribution in [0.5, 0.6) is 11.5 Å². The largest absolute Gasteiger partial charge is 0.493 e. The third kappa shape index (κ3) is 7.94. The van der Waals surface area contributed by atoms with E-state index in [1.807, 2.05) is 18.2 Å². The van der Waals surface area contributed by atoms with Crippen LogP contribution in [0.4, 0.5) is 0 Å². The van der Waals surface area contributed by atoms with E-state index in [1.54, 1.807) is 0 Å². The Labute approximate surface area is 211 Å². The number of nitrogens with zero attached hydrogens (tertiary/aromatic N) is 1. The molecular weight excluding hydrogens is 440 g/mol. The van der Waals surface area contributed by atoms with E-state index in [0.717, 1.165) is 79.2 Å². The highest BCUT2D eigenvalue weighted by Gasteiger charge is 2.19. The van der Waals surface area contributed by atoms with E-state index in [0.29, 0.717) is 19.1 Å². The number of hydrogen-bond acceptors (Lipinski definition) is 6. The second kappa shape index (κ2) is 13.8. The summed E-state index contributed by atoms with van der Waals surface area (Å²) in [6.45, 7) is 13.4. The molecule has 0 saturated carbocycles. The Hall–Kier alpha value is -2.12. The van der Waals surface area contributed by atoms with Gasteiger partial charge in [-0.2, -0.15) is 0 Å². The first-order chi connectivity index (χ1) is 16.9. The third-order valence-corrected chi connectivity index (χ3v) is 6.97. The molecule has 6 heteroatoms. The van der Waals surface area contributed by atoms with Crippen LogP contribution < -0.4 is 14.8 Å². The van der Waals surface area contributed by atoms with E-state index < -0.39 is 0 Å². The highest BCUT2D eigenvalue weighted by molar-refractivity contribution is 5.74. The molecule has 1 aliphatic heterocycles. The van der Waals surface area contributed by atoms with Gasteiger partial charge in [0.25, 0.3) is 0 Å². The summed E-state index contributed by atoms with van der Waals surface area (Å²) in [5.41, 5.74) is 4.59. The zero-order valence-corrected chi connectivity index (χ0v) is 21.9. The van der Waals surface area contributed by atoms with Gasteiger partial charge in [0, 0.05) is 25.7 Å². The molecular formula is C29H44N2O4. The Kier molecular flexibility index (Phi) is 10.9. The number of ether oxygens (including phenoxy) is 2. The average Bonchev–Trinajstić information content (AvgIpc) is 3.26. The van der Waals surface area contributed by atoms with Gasteiger partial charge in [-0.1, -0.05) is 38.1 Å². The Morgan fingerprint density at radius 2 is 1.57 bits per heavy atom. The quantitative estimate of drug-likeness (QED) is 0.349. The number of rotatable bonds is 14. The maximum absolute atomic E-state index is 9.68. The van der Waals surface area contributed by atoms with E-state index in [1.165, 1.54) is 0 Å². The van der Waals surface area contributed by atoms with Crippen molar-refractivity contribution in [1.82, 2.24) is 10.2 Å². The molecule has 1 fully saturated rings. The Morgan fingerprint density at radius 1 is 0.971 bits per heavy atom. The molecule has 0 bridgehead atoms. The average molecular weight is 485 g/mol. The fourth-order valence-electron chi connectivity index (χ4n) is 4.66. The molecule has 0 radical (unpaired) electrons. The number of aliphatic hydroxyl groups is 2. The van der Waals surface area contributed by atoms with Gasteiger partial charge in [0.1, 0.15) is 11.5 Å². The van der Waals surface area contributed by atoms with Crippen molar-refractivity contribution in [2.24, 2.45) is 5.92 Å². The smallest absolute Gasteiger partial charge is 0.122 e. The van der Waals surface area contributed by atoms with E-state index in [2.05, 4.69) is 56.1 Å². The summed E-state index contributed by atoms with van der Waals surface area (Å²) in [6.07, 6.45) is 2.54. The van der Waals surface area contributed by atoms with Crippen LogP contribution in [0.3, 0.4) is 0 Å². The van der Waals surface area contributed by atoms with Crippen LogP contribution in [0.15, 0.2) is 36.4 Å². The van der Waals surface area contributed by atoms with Crippen molar-refractivity contribution >= 4 is 0 Å². The second-order valence-electron chi connectivity index (χ2n) is 9.99. The summed E-state index contributed by atoms with van der Waals surface area (Å²) in [6, 6.07) is 12.6. The molecule has 1 heterocycles. The molecule has 3 rings (SSSR count). The monoisotopic (exact) mass is 484 g/mol. The molecule has 6 nitrogen and oxygen atoms in total. The van der Waals surface area contributed by atoms with E-state index in [4.69, 9.17) is 9.47 Å². The van der Waals surface area contributed by atoms with E-state index in [9.17, 15) is 10.2 Å². The highest BCUT2D eigenvalue weighted by Crippen LogP contribution is 2.35. The maximum atomic E-state index is 9.68. The van der Waals surface area contributed by atoms with Gasteiger partial charge in [-0.25, -0.2) is 0 Å². The first kappa shape index (κ1) is 27.5. The Morgan fingerprint density at radius 3 is 2.09 bits per heavy atom. The zero-order valence-electron chi connectivity index (χ0n) is 21.9. The molecule has 1 aliphatic rings. The molecule has 35 heavy (non-hydrogen) atoms. The maximum Gasteiger partial charge on any atom is 0.122 e. The lowest BCUT2D eigenvalue weighted by Gasteiger charge is -2.20. The van der Waals surface area contributed by atoms with Crippen LogP contribution in [0.2, 0.25) is 0 Å². The minimum Gasteiger partial charge on any atom is -0.493 e. The van der Waals surface area contributed by atoms with Crippen molar-refractivity contribution in [2.45, 2.75) is 59.1 Å². The Balaban J connectivity index is 1.55. The molecule has 0 aliphatic carbocycles. The van der Waals surface area contributed by atoms with Crippen LogP contribution in [0.25, 0.3) is 11.1 Å². The van der Waals surface area contributed by atoms with E-state index in [-0.39, 0.29) is 18.8 Å². The van der Waals surface area contributed by atoms with Gasteiger partial charge < -0.3 is 29.9 Å². The number of hydrogen-bond donors (Lipinski definition) is 3. The molecule has 1 saturated heterocycles.